The summed E-state index contributed by atoms with van der Waals surface area (Å²) in [6.07, 6.45) is -0.00342. The Kier molecular flexibility index (Phi) is 4.19. The van der Waals surface area contributed by atoms with Crippen molar-refractivity contribution in [3.05, 3.63) is 34.1 Å². The zero-order valence-electron chi connectivity index (χ0n) is 8.81. The number of hydrogen-bond donors (Lipinski definition) is 2. The molecule has 1 aromatic carbocycles. The molecule has 0 aliphatic carbocycles. The summed E-state index contributed by atoms with van der Waals surface area (Å²) >= 11 is 0. The lowest BCUT2D eigenvalue weighted by molar-refractivity contribution is -0.385. The van der Waals surface area contributed by atoms with Crippen LogP contribution < -0.4 is 5.32 Å². The van der Waals surface area contributed by atoms with Gasteiger partial charge in [0.1, 0.15) is 0 Å². The second-order valence-corrected chi connectivity index (χ2v) is 3.36. The molecule has 5 nitrogen and oxygen atoms in total. The first-order valence-electron chi connectivity index (χ1n) is 4.90. The van der Waals surface area contributed by atoms with Gasteiger partial charge in [-0.05, 0) is 12.5 Å². The van der Waals surface area contributed by atoms with Gasteiger partial charge < -0.3 is 10.4 Å². The average Bonchev–Trinajstić information content (AvgIpc) is 2.26. The smallest absolute Gasteiger partial charge is 0.272 e. The van der Waals surface area contributed by atoms with Gasteiger partial charge in [0, 0.05) is 12.6 Å². The van der Waals surface area contributed by atoms with Crippen LogP contribution in [0.15, 0.2) is 18.2 Å². The number of benzene rings is 1. The summed E-state index contributed by atoms with van der Waals surface area (Å²) in [5.74, 6) is -0.697. The van der Waals surface area contributed by atoms with E-state index in [1.165, 1.54) is 12.1 Å². The molecule has 0 saturated heterocycles. The molecule has 1 rings (SSSR count). The Bertz CT molecular complexity index is 384. The Balaban J connectivity index is 2.72. The number of nitro groups is 1. The maximum Gasteiger partial charge on any atom is 0.272 e. The Hall–Kier alpha value is -1.69. The van der Waals surface area contributed by atoms with Crippen molar-refractivity contribution in [2.45, 2.75) is 19.4 Å². The highest BCUT2D eigenvalue weighted by Crippen LogP contribution is 2.20. The third-order valence-electron chi connectivity index (χ3n) is 2.16. The van der Waals surface area contributed by atoms with E-state index in [1.807, 2.05) is 0 Å². The van der Waals surface area contributed by atoms with Crippen molar-refractivity contribution in [1.29, 1.82) is 0 Å². The predicted molar refractivity (Wildman–Crippen MR) is 57.8 cm³/mol. The minimum atomic E-state index is -0.697. The fourth-order valence-corrected chi connectivity index (χ4v) is 1.13. The van der Waals surface area contributed by atoms with Gasteiger partial charge >= 0.3 is 0 Å². The van der Waals surface area contributed by atoms with Crippen LogP contribution in [0.4, 0.5) is 15.8 Å². The van der Waals surface area contributed by atoms with Crippen LogP contribution in [-0.4, -0.2) is 22.7 Å². The van der Waals surface area contributed by atoms with Crippen molar-refractivity contribution in [2.75, 3.05) is 11.9 Å². The van der Waals surface area contributed by atoms with Crippen LogP contribution >= 0.6 is 0 Å². The summed E-state index contributed by atoms with van der Waals surface area (Å²) in [7, 11) is 0. The van der Waals surface area contributed by atoms with Gasteiger partial charge in [-0.25, -0.2) is 4.39 Å². The van der Waals surface area contributed by atoms with E-state index in [0.29, 0.717) is 6.42 Å². The minimum Gasteiger partial charge on any atom is -0.391 e. The van der Waals surface area contributed by atoms with Crippen LogP contribution in [0.3, 0.4) is 0 Å². The summed E-state index contributed by atoms with van der Waals surface area (Å²) in [6, 6.07) is 3.35. The molecular formula is C10H13FN2O3. The second-order valence-electron chi connectivity index (χ2n) is 3.36. The molecule has 88 valence electrons. The van der Waals surface area contributed by atoms with Crippen molar-refractivity contribution in [2.24, 2.45) is 0 Å². The summed E-state index contributed by atoms with van der Waals surface area (Å²) < 4.78 is 13.3. The molecule has 2 N–H and O–H groups in total. The van der Waals surface area contributed by atoms with Gasteiger partial charge in [-0.2, -0.15) is 0 Å². The molecule has 1 atom stereocenters. The van der Waals surface area contributed by atoms with E-state index in [1.54, 1.807) is 6.92 Å². The lowest BCUT2D eigenvalue weighted by atomic mass is 10.2. The molecule has 0 radical (unpaired) electrons. The number of aliphatic hydroxyl groups excluding tert-OH is 1. The molecule has 6 heteroatoms. The number of hydrogen-bond acceptors (Lipinski definition) is 4. The van der Waals surface area contributed by atoms with Gasteiger partial charge in [-0.1, -0.05) is 6.92 Å². The number of anilines is 1. The number of nitrogens with one attached hydrogen (secondary N) is 1. The first-order valence-corrected chi connectivity index (χ1v) is 4.90. The Morgan fingerprint density at radius 3 is 2.81 bits per heavy atom. The zero-order chi connectivity index (χ0) is 12.1. The maximum absolute atomic E-state index is 13.3. The fourth-order valence-electron chi connectivity index (χ4n) is 1.13. The van der Waals surface area contributed by atoms with Crippen LogP contribution in [0.5, 0.6) is 0 Å². The van der Waals surface area contributed by atoms with Gasteiger partial charge in [0.05, 0.1) is 22.8 Å². The van der Waals surface area contributed by atoms with Crippen LogP contribution in [0.25, 0.3) is 0 Å². The second kappa shape index (κ2) is 5.41. The zero-order valence-corrected chi connectivity index (χ0v) is 8.81. The molecule has 0 fully saturated rings. The van der Waals surface area contributed by atoms with Crippen LogP contribution in [0.2, 0.25) is 0 Å². The van der Waals surface area contributed by atoms with Crippen molar-refractivity contribution in [3.63, 3.8) is 0 Å². The van der Waals surface area contributed by atoms with E-state index in [2.05, 4.69) is 5.32 Å². The normalized spacial score (nSPS) is 12.2. The van der Waals surface area contributed by atoms with E-state index in [0.717, 1.165) is 6.07 Å². The standard InChI is InChI=1S/C10H13FN2O3/c1-2-8(14)6-12-10-4-3-7(13(15)16)5-9(10)11/h3-5,8,12,14H,2,6H2,1H3. The highest BCUT2D eigenvalue weighted by molar-refractivity contribution is 5.50. The molecule has 0 bridgehead atoms. The Labute approximate surface area is 92.1 Å². The summed E-state index contributed by atoms with van der Waals surface area (Å²) in [5, 5.41) is 22.3. The lowest BCUT2D eigenvalue weighted by Crippen LogP contribution is -2.18. The van der Waals surface area contributed by atoms with E-state index in [9.17, 15) is 19.6 Å². The van der Waals surface area contributed by atoms with Gasteiger partial charge in [0.25, 0.3) is 5.69 Å². The molecule has 0 heterocycles. The Morgan fingerprint density at radius 1 is 1.62 bits per heavy atom. The van der Waals surface area contributed by atoms with Crippen molar-refractivity contribution < 1.29 is 14.4 Å². The molecule has 0 spiro atoms. The average molecular weight is 228 g/mol. The molecule has 0 amide bonds. The largest absolute Gasteiger partial charge is 0.391 e. The van der Waals surface area contributed by atoms with Gasteiger partial charge in [-0.3, -0.25) is 10.1 Å². The van der Waals surface area contributed by atoms with Crippen LogP contribution in [-0.2, 0) is 0 Å². The molecule has 0 aliphatic heterocycles. The molecule has 16 heavy (non-hydrogen) atoms. The van der Waals surface area contributed by atoms with Crippen molar-refractivity contribution >= 4 is 11.4 Å². The topological polar surface area (TPSA) is 75.4 Å². The third-order valence-corrected chi connectivity index (χ3v) is 2.16. The monoisotopic (exact) mass is 228 g/mol. The van der Waals surface area contributed by atoms with Gasteiger partial charge in [-0.15, -0.1) is 0 Å². The number of rotatable bonds is 5. The fraction of sp³-hybridized carbons (Fsp3) is 0.400. The molecule has 0 saturated carbocycles. The third kappa shape index (κ3) is 3.16. The maximum atomic E-state index is 13.3. The summed E-state index contributed by atoms with van der Waals surface area (Å²) in [6.45, 7) is 2.02. The SMILES string of the molecule is CCC(O)CNc1ccc([N+](=O)[O-])cc1F. The van der Waals surface area contributed by atoms with Crippen LogP contribution in [0.1, 0.15) is 13.3 Å². The number of halogens is 1. The molecule has 1 aromatic rings. The molecule has 1 unspecified atom stereocenters. The number of aliphatic hydroxyl groups is 1. The highest BCUT2D eigenvalue weighted by Gasteiger charge is 2.10. The van der Waals surface area contributed by atoms with Crippen LogP contribution in [0, 0.1) is 15.9 Å². The van der Waals surface area contributed by atoms with Crippen molar-refractivity contribution in [1.82, 2.24) is 0 Å². The Morgan fingerprint density at radius 2 is 2.31 bits per heavy atom. The quantitative estimate of drug-likeness (QED) is 0.596. The van der Waals surface area contributed by atoms with E-state index in [-0.39, 0.29) is 17.9 Å². The van der Waals surface area contributed by atoms with Crippen molar-refractivity contribution in [3.8, 4) is 0 Å². The van der Waals surface area contributed by atoms with E-state index in [4.69, 9.17) is 0 Å². The predicted octanol–water partition coefficient (Wildman–Crippen LogP) is 1.92. The number of nitrogens with zero attached hydrogens (tertiary/aromatic N) is 1. The molecular weight excluding hydrogens is 215 g/mol. The highest BCUT2D eigenvalue weighted by atomic mass is 19.1. The first-order chi connectivity index (χ1) is 7.54. The lowest BCUT2D eigenvalue weighted by Gasteiger charge is -2.10. The summed E-state index contributed by atoms with van der Waals surface area (Å²) in [5.41, 5.74) is -0.141. The molecule has 0 aliphatic rings. The van der Waals surface area contributed by atoms with Gasteiger partial charge in [0.15, 0.2) is 5.82 Å². The van der Waals surface area contributed by atoms with E-state index >= 15 is 0 Å². The van der Waals surface area contributed by atoms with E-state index < -0.39 is 16.8 Å². The molecule has 0 aromatic heterocycles. The van der Waals surface area contributed by atoms with Gasteiger partial charge in [0.2, 0.25) is 0 Å². The summed E-state index contributed by atoms with van der Waals surface area (Å²) in [4.78, 5) is 9.70. The minimum absolute atomic E-state index is 0.151. The number of non-ortho nitro benzene ring substituents is 1. The number of nitro benzene ring substituents is 1. The first kappa shape index (κ1) is 12.4.